The molecular formula is C9H13NO2. The number of hydrogen-bond acceptors (Lipinski definition) is 3. The van der Waals surface area contributed by atoms with Crippen LogP contribution in [0.25, 0.3) is 0 Å². The molecule has 1 heterocycles. The lowest BCUT2D eigenvalue weighted by Crippen LogP contribution is -2.45. The van der Waals surface area contributed by atoms with Gasteiger partial charge in [0.15, 0.2) is 0 Å². The molecule has 3 nitrogen and oxygen atoms in total. The van der Waals surface area contributed by atoms with Crippen LogP contribution in [0.1, 0.15) is 19.3 Å². The summed E-state index contributed by atoms with van der Waals surface area (Å²) in [6.07, 6.45) is 1.81. The van der Waals surface area contributed by atoms with Crippen molar-refractivity contribution in [1.29, 1.82) is 0 Å². The third-order valence-corrected chi connectivity index (χ3v) is 2.90. The van der Waals surface area contributed by atoms with Gasteiger partial charge >= 0.3 is 0 Å². The van der Waals surface area contributed by atoms with Crippen molar-refractivity contribution >= 4 is 11.6 Å². The van der Waals surface area contributed by atoms with Crippen LogP contribution in [0.2, 0.25) is 0 Å². The van der Waals surface area contributed by atoms with E-state index in [4.69, 9.17) is 0 Å². The Morgan fingerprint density at radius 3 is 3.00 bits per heavy atom. The van der Waals surface area contributed by atoms with Crippen LogP contribution in [0.5, 0.6) is 0 Å². The van der Waals surface area contributed by atoms with Gasteiger partial charge in [-0.25, -0.2) is 0 Å². The molecule has 0 bridgehead atoms. The molecule has 2 fully saturated rings. The smallest absolute Gasteiger partial charge is 0.144 e. The quantitative estimate of drug-likeness (QED) is 0.522. The fourth-order valence-corrected chi connectivity index (χ4v) is 2.22. The van der Waals surface area contributed by atoms with Crippen molar-refractivity contribution in [2.75, 3.05) is 13.1 Å². The molecule has 2 aliphatic rings. The first-order valence-corrected chi connectivity index (χ1v) is 4.52. The molecule has 1 saturated carbocycles. The summed E-state index contributed by atoms with van der Waals surface area (Å²) in [4.78, 5) is 22.5. The van der Waals surface area contributed by atoms with Crippen LogP contribution in [-0.4, -0.2) is 24.7 Å². The van der Waals surface area contributed by atoms with Crippen LogP contribution in [0.15, 0.2) is 0 Å². The van der Waals surface area contributed by atoms with Crippen molar-refractivity contribution in [3.05, 3.63) is 0 Å². The number of fused-ring (bicyclic) bond motifs is 1. The average molecular weight is 167 g/mol. The second-order valence-corrected chi connectivity index (χ2v) is 3.75. The Morgan fingerprint density at radius 2 is 2.17 bits per heavy atom. The maximum atomic E-state index is 11.4. The highest BCUT2D eigenvalue weighted by Crippen LogP contribution is 2.29. The second kappa shape index (κ2) is 2.98. The molecule has 2 unspecified atom stereocenters. The van der Waals surface area contributed by atoms with E-state index in [2.05, 4.69) is 5.32 Å². The lowest BCUT2D eigenvalue weighted by molar-refractivity contribution is -0.135. The monoisotopic (exact) mass is 167 g/mol. The molecule has 2 rings (SSSR count). The van der Waals surface area contributed by atoms with Gasteiger partial charge in [-0.2, -0.15) is 0 Å². The van der Waals surface area contributed by atoms with Crippen LogP contribution in [0.3, 0.4) is 0 Å². The van der Waals surface area contributed by atoms with Crippen molar-refractivity contribution in [3.8, 4) is 0 Å². The van der Waals surface area contributed by atoms with Crippen LogP contribution < -0.4 is 5.32 Å². The SMILES string of the molecule is O=C1CC(=O)C2CNCCC2C1. The van der Waals surface area contributed by atoms with E-state index in [1.807, 2.05) is 0 Å². The van der Waals surface area contributed by atoms with Crippen molar-refractivity contribution in [2.45, 2.75) is 19.3 Å². The Labute approximate surface area is 71.5 Å². The summed E-state index contributed by atoms with van der Waals surface area (Å²) in [6.45, 7) is 1.75. The fraction of sp³-hybridized carbons (Fsp3) is 0.778. The number of Topliss-reactive ketones (excluding diaryl/α,β-unsaturated/α-hetero) is 2. The Bertz CT molecular complexity index is 225. The van der Waals surface area contributed by atoms with Crippen molar-refractivity contribution in [2.24, 2.45) is 11.8 Å². The molecule has 0 aromatic heterocycles. The lowest BCUT2D eigenvalue weighted by atomic mass is 9.74. The van der Waals surface area contributed by atoms with Gasteiger partial charge in [0, 0.05) is 18.9 Å². The molecule has 0 spiro atoms. The number of nitrogens with one attached hydrogen (secondary N) is 1. The molecule has 1 N–H and O–H groups in total. The van der Waals surface area contributed by atoms with Crippen molar-refractivity contribution in [3.63, 3.8) is 0 Å². The number of carbonyl (C=O) groups is 2. The molecule has 2 atom stereocenters. The zero-order chi connectivity index (χ0) is 8.55. The van der Waals surface area contributed by atoms with Gasteiger partial charge in [-0.05, 0) is 18.9 Å². The minimum Gasteiger partial charge on any atom is -0.316 e. The van der Waals surface area contributed by atoms with E-state index in [0.717, 1.165) is 19.5 Å². The fourth-order valence-electron chi connectivity index (χ4n) is 2.22. The highest BCUT2D eigenvalue weighted by molar-refractivity contribution is 6.02. The van der Waals surface area contributed by atoms with Crippen LogP contribution in [-0.2, 0) is 9.59 Å². The van der Waals surface area contributed by atoms with Gasteiger partial charge in [-0.15, -0.1) is 0 Å². The van der Waals surface area contributed by atoms with Crippen LogP contribution in [0, 0.1) is 11.8 Å². The summed E-state index contributed by atoms with van der Waals surface area (Å²) < 4.78 is 0. The molecule has 1 saturated heterocycles. The molecule has 0 aromatic carbocycles. The molecular weight excluding hydrogens is 154 g/mol. The van der Waals surface area contributed by atoms with Crippen LogP contribution >= 0.6 is 0 Å². The number of ketones is 2. The van der Waals surface area contributed by atoms with E-state index >= 15 is 0 Å². The first kappa shape index (κ1) is 7.92. The van der Waals surface area contributed by atoms with Gasteiger partial charge in [0.1, 0.15) is 11.6 Å². The first-order valence-electron chi connectivity index (χ1n) is 4.52. The van der Waals surface area contributed by atoms with E-state index in [0.29, 0.717) is 12.3 Å². The van der Waals surface area contributed by atoms with Crippen LogP contribution in [0.4, 0.5) is 0 Å². The number of hydrogen-bond donors (Lipinski definition) is 1. The second-order valence-electron chi connectivity index (χ2n) is 3.75. The minimum absolute atomic E-state index is 0.136. The maximum Gasteiger partial charge on any atom is 0.144 e. The molecule has 0 amide bonds. The first-order chi connectivity index (χ1) is 5.77. The summed E-state index contributed by atoms with van der Waals surface area (Å²) in [5, 5.41) is 3.20. The predicted octanol–water partition coefficient (Wildman–Crippen LogP) is 0.144. The summed E-state index contributed by atoms with van der Waals surface area (Å²) in [5.41, 5.74) is 0. The summed E-state index contributed by atoms with van der Waals surface area (Å²) in [7, 11) is 0. The van der Waals surface area contributed by atoms with E-state index in [-0.39, 0.29) is 23.9 Å². The molecule has 1 aliphatic carbocycles. The number of carbonyl (C=O) groups excluding carboxylic acids is 2. The van der Waals surface area contributed by atoms with Gasteiger partial charge in [0.25, 0.3) is 0 Å². The number of rotatable bonds is 0. The Kier molecular flexibility index (Phi) is 1.97. The van der Waals surface area contributed by atoms with Gasteiger partial charge in [-0.1, -0.05) is 0 Å². The number of piperidine rings is 1. The highest BCUT2D eigenvalue weighted by Gasteiger charge is 2.36. The largest absolute Gasteiger partial charge is 0.316 e. The predicted molar refractivity (Wildman–Crippen MR) is 43.7 cm³/mol. The molecule has 12 heavy (non-hydrogen) atoms. The lowest BCUT2D eigenvalue weighted by Gasteiger charge is -2.33. The summed E-state index contributed by atoms with van der Waals surface area (Å²) in [6, 6.07) is 0. The molecule has 0 radical (unpaired) electrons. The summed E-state index contributed by atoms with van der Waals surface area (Å²) in [5.74, 6) is 0.781. The van der Waals surface area contributed by atoms with E-state index in [9.17, 15) is 9.59 Å². The zero-order valence-corrected chi connectivity index (χ0v) is 7.01. The Balaban J connectivity index is 2.11. The van der Waals surface area contributed by atoms with Gasteiger partial charge in [-0.3, -0.25) is 9.59 Å². The zero-order valence-electron chi connectivity index (χ0n) is 7.01. The normalized spacial score (nSPS) is 36.3. The average Bonchev–Trinajstić information content (AvgIpc) is 2.04. The molecule has 0 aromatic rings. The van der Waals surface area contributed by atoms with Gasteiger partial charge in [0.2, 0.25) is 0 Å². The topological polar surface area (TPSA) is 46.2 Å². The van der Waals surface area contributed by atoms with Crippen molar-refractivity contribution < 1.29 is 9.59 Å². The van der Waals surface area contributed by atoms with Gasteiger partial charge in [0.05, 0.1) is 6.42 Å². The third-order valence-electron chi connectivity index (χ3n) is 2.90. The Hall–Kier alpha value is -0.700. The van der Waals surface area contributed by atoms with E-state index in [1.54, 1.807) is 0 Å². The maximum absolute atomic E-state index is 11.4. The Morgan fingerprint density at radius 1 is 1.33 bits per heavy atom. The standard InChI is InChI=1S/C9H13NO2/c11-7-3-6-1-2-10-5-8(6)9(12)4-7/h6,8,10H,1-5H2. The third kappa shape index (κ3) is 1.29. The van der Waals surface area contributed by atoms with E-state index < -0.39 is 0 Å². The van der Waals surface area contributed by atoms with Gasteiger partial charge < -0.3 is 5.32 Å². The molecule has 3 heteroatoms. The highest BCUT2D eigenvalue weighted by atomic mass is 16.1. The molecule has 66 valence electrons. The van der Waals surface area contributed by atoms with Crippen molar-refractivity contribution in [1.82, 2.24) is 5.32 Å². The summed E-state index contributed by atoms with van der Waals surface area (Å²) >= 11 is 0. The molecule has 1 aliphatic heterocycles. The minimum atomic E-state index is 0.136. The van der Waals surface area contributed by atoms with E-state index in [1.165, 1.54) is 0 Å².